The minimum atomic E-state index is -4.63. The lowest BCUT2D eigenvalue weighted by Gasteiger charge is -2.22. The van der Waals surface area contributed by atoms with Crippen LogP contribution in [0.2, 0.25) is 0 Å². The highest BCUT2D eigenvalue weighted by Gasteiger charge is 2.36. The molecule has 0 radical (unpaired) electrons. The van der Waals surface area contributed by atoms with Crippen LogP contribution in [0.25, 0.3) is 22.2 Å². The van der Waals surface area contributed by atoms with Gasteiger partial charge in [-0.25, -0.2) is 14.8 Å². The Hall–Kier alpha value is -2.86. The number of benzene rings is 1. The summed E-state index contributed by atoms with van der Waals surface area (Å²) in [6.45, 7) is 2.53. The highest BCUT2D eigenvalue weighted by molar-refractivity contribution is 9.10. The maximum Gasteiger partial charge on any atom is 0.419 e. The van der Waals surface area contributed by atoms with Gasteiger partial charge >= 0.3 is 12.3 Å². The van der Waals surface area contributed by atoms with E-state index in [9.17, 15) is 18.0 Å². The molecule has 1 fully saturated rings. The molecule has 1 saturated heterocycles. The van der Waals surface area contributed by atoms with Crippen molar-refractivity contribution in [1.29, 1.82) is 0 Å². The molecule has 12 heteroatoms. The zero-order valence-corrected chi connectivity index (χ0v) is 19.9. The number of hydrogen-bond acceptors (Lipinski definition) is 6. The fourth-order valence-electron chi connectivity index (χ4n) is 4.06. The molecule has 3 aromatic rings. The molecule has 1 aliphatic rings. The summed E-state index contributed by atoms with van der Waals surface area (Å²) in [6.07, 6.45) is 0.114. The van der Waals surface area contributed by atoms with Gasteiger partial charge < -0.3 is 20.4 Å². The Bertz CT molecular complexity index is 1180. The van der Waals surface area contributed by atoms with E-state index in [1.807, 2.05) is 0 Å². The minimum absolute atomic E-state index is 0.143. The largest absolute Gasteiger partial charge is 0.453 e. The molecule has 4 rings (SSSR count). The summed E-state index contributed by atoms with van der Waals surface area (Å²) in [5.41, 5.74) is 0.0371. The van der Waals surface area contributed by atoms with Crippen LogP contribution < -0.4 is 16.0 Å². The van der Waals surface area contributed by atoms with Gasteiger partial charge in [0.05, 0.1) is 28.5 Å². The van der Waals surface area contributed by atoms with Gasteiger partial charge in [-0.3, -0.25) is 5.32 Å². The maximum absolute atomic E-state index is 13.8. The normalized spacial score (nSPS) is 16.4. The smallest absolute Gasteiger partial charge is 0.419 e. The molecular formula is C22H24BrF3N6O2. The summed E-state index contributed by atoms with van der Waals surface area (Å²) in [7, 11) is 1.24. The number of alkyl halides is 3. The maximum atomic E-state index is 13.8. The van der Waals surface area contributed by atoms with Crippen molar-refractivity contribution in [2.24, 2.45) is 5.92 Å². The first-order valence-electron chi connectivity index (χ1n) is 10.8. The van der Waals surface area contributed by atoms with Gasteiger partial charge in [0, 0.05) is 29.9 Å². The topological polar surface area (TPSA) is 104 Å². The lowest BCUT2D eigenvalue weighted by atomic mass is 9.96. The number of rotatable bonds is 6. The van der Waals surface area contributed by atoms with Crippen molar-refractivity contribution in [3.63, 3.8) is 0 Å². The highest BCUT2D eigenvalue weighted by Crippen LogP contribution is 2.41. The second-order valence-corrected chi connectivity index (χ2v) is 8.84. The van der Waals surface area contributed by atoms with E-state index < -0.39 is 17.8 Å². The van der Waals surface area contributed by atoms with Crippen molar-refractivity contribution < 1.29 is 22.7 Å². The Morgan fingerprint density at radius 2 is 2.18 bits per heavy atom. The van der Waals surface area contributed by atoms with Gasteiger partial charge in [0.25, 0.3) is 0 Å². The van der Waals surface area contributed by atoms with Crippen LogP contribution in [0.4, 0.5) is 29.6 Å². The summed E-state index contributed by atoms with van der Waals surface area (Å²) in [4.78, 5) is 22.7. The number of carbonyl (C=O) groups is 1. The van der Waals surface area contributed by atoms with Gasteiger partial charge in [0.1, 0.15) is 5.56 Å². The molecule has 182 valence electrons. The Balaban J connectivity index is 1.65. The third-order valence-corrected chi connectivity index (χ3v) is 6.62. The lowest BCUT2D eigenvalue weighted by Crippen LogP contribution is -2.30. The predicted octanol–water partition coefficient (Wildman–Crippen LogP) is 5.39. The van der Waals surface area contributed by atoms with E-state index in [0.717, 1.165) is 38.5 Å². The van der Waals surface area contributed by atoms with E-state index in [2.05, 4.69) is 51.6 Å². The number of anilines is 2. The van der Waals surface area contributed by atoms with Crippen LogP contribution in [0.5, 0.6) is 0 Å². The van der Waals surface area contributed by atoms with Crippen molar-refractivity contribution in [1.82, 2.24) is 20.3 Å². The van der Waals surface area contributed by atoms with Gasteiger partial charge in [-0.05, 0) is 60.3 Å². The molecule has 1 amide bonds. The Kier molecular flexibility index (Phi) is 7.27. The number of aromatic nitrogens is 3. The van der Waals surface area contributed by atoms with Crippen LogP contribution >= 0.6 is 15.9 Å². The van der Waals surface area contributed by atoms with E-state index in [-0.39, 0.29) is 17.2 Å². The summed E-state index contributed by atoms with van der Waals surface area (Å²) < 4.78 is 46.5. The monoisotopic (exact) mass is 540 g/mol. The number of piperidine rings is 1. The molecule has 4 N–H and O–H groups in total. The second kappa shape index (κ2) is 10.2. The molecule has 8 nitrogen and oxygen atoms in total. The Labute approximate surface area is 202 Å². The number of methoxy groups -OCH3 is 1. The van der Waals surface area contributed by atoms with Crippen molar-refractivity contribution in [2.75, 3.05) is 37.4 Å². The number of aromatic amines is 1. The fourth-order valence-corrected chi connectivity index (χ4v) is 4.61. The number of amides is 1. The van der Waals surface area contributed by atoms with Crippen molar-refractivity contribution >= 4 is 44.6 Å². The predicted molar refractivity (Wildman–Crippen MR) is 127 cm³/mol. The second-order valence-electron chi connectivity index (χ2n) is 8.05. The van der Waals surface area contributed by atoms with Crippen molar-refractivity contribution in [3.8, 4) is 11.3 Å². The molecule has 1 aliphatic heterocycles. The van der Waals surface area contributed by atoms with E-state index in [1.54, 1.807) is 12.1 Å². The van der Waals surface area contributed by atoms with Crippen LogP contribution in [-0.4, -0.2) is 47.8 Å². The van der Waals surface area contributed by atoms with Crippen LogP contribution in [0.1, 0.15) is 24.8 Å². The van der Waals surface area contributed by atoms with E-state index in [0.29, 0.717) is 33.5 Å². The number of carbonyl (C=O) groups excluding carboxylic acids is 1. The summed E-state index contributed by atoms with van der Waals surface area (Å²) in [5, 5.41) is 9.48. The van der Waals surface area contributed by atoms with Gasteiger partial charge in [-0.1, -0.05) is 6.07 Å². The third kappa shape index (κ3) is 5.27. The number of nitrogens with zero attached hydrogens (tertiary/aromatic N) is 2. The van der Waals surface area contributed by atoms with Gasteiger partial charge in [0.15, 0.2) is 0 Å². The first-order valence-corrected chi connectivity index (χ1v) is 11.6. The van der Waals surface area contributed by atoms with E-state index >= 15 is 0 Å². The molecule has 3 heterocycles. The minimum Gasteiger partial charge on any atom is -0.453 e. The van der Waals surface area contributed by atoms with Gasteiger partial charge in [-0.15, -0.1) is 0 Å². The SMILES string of the molecule is COC(=O)Nc1ccc2c(-c3nc(NCC[C@@H]4CCCNC4)ncc3C(F)(F)F)c[nH]c2c1Br. The van der Waals surface area contributed by atoms with Crippen molar-refractivity contribution in [3.05, 3.63) is 34.6 Å². The summed E-state index contributed by atoms with van der Waals surface area (Å²) >= 11 is 3.40. The van der Waals surface area contributed by atoms with Gasteiger partial charge in [-0.2, -0.15) is 13.2 Å². The fraction of sp³-hybridized carbons (Fsp3) is 0.409. The lowest BCUT2D eigenvalue weighted by molar-refractivity contribution is -0.137. The van der Waals surface area contributed by atoms with Crippen LogP contribution in [-0.2, 0) is 10.9 Å². The average molecular weight is 541 g/mol. The Morgan fingerprint density at radius 1 is 1.35 bits per heavy atom. The quantitative estimate of drug-likeness (QED) is 0.334. The summed E-state index contributed by atoms with van der Waals surface area (Å²) in [5.74, 6) is 0.665. The summed E-state index contributed by atoms with van der Waals surface area (Å²) in [6, 6.07) is 3.19. The molecular weight excluding hydrogens is 517 g/mol. The number of H-pyrrole nitrogens is 1. The van der Waals surface area contributed by atoms with Crippen LogP contribution in [0.3, 0.4) is 0 Å². The van der Waals surface area contributed by atoms with Crippen molar-refractivity contribution in [2.45, 2.75) is 25.4 Å². The zero-order valence-electron chi connectivity index (χ0n) is 18.4. The first-order chi connectivity index (χ1) is 16.3. The Morgan fingerprint density at radius 3 is 2.88 bits per heavy atom. The number of hydrogen-bond donors (Lipinski definition) is 4. The third-order valence-electron chi connectivity index (χ3n) is 5.80. The van der Waals surface area contributed by atoms with E-state index in [1.165, 1.54) is 13.3 Å². The number of fused-ring (bicyclic) bond motifs is 1. The average Bonchev–Trinajstić information content (AvgIpc) is 3.25. The molecule has 0 spiro atoms. The number of ether oxygens (including phenoxy) is 1. The molecule has 1 aromatic carbocycles. The van der Waals surface area contributed by atoms with E-state index in [4.69, 9.17) is 0 Å². The van der Waals surface area contributed by atoms with Crippen LogP contribution in [0, 0.1) is 5.92 Å². The van der Waals surface area contributed by atoms with Crippen LogP contribution in [0.15, 0.2) is 29.0 Å². The zero-order chi connectivity index (χ0) is 24.3. The standard InChI is InChI=1S/C22H24BrF3N6O2/c1-34-21(33)31-16-5-4-13-14(10-29-19(13)17(16)23)18-15(22(24,25)26)11-30-20(32-18)28-8-6-12-3-2-7-27-9-12/h4-5,10-12,27,29H,2-3,6-9H2,1H3,(H,31,33)(H,28,30,32)/t12-/m0/s1. The molecule has 34 heavy (non-hydrogen) atoms. The molecule has 0 saturated carbocycles. The number of nitrogens with one attached hydrogen (secondary N) is 4. The molecule has 0 unspecified atom stereocenters. The molecule has 1 atom stereocenters. The van der Waals surface area contributed by atoms with Gasteiger partial charge in [0.2, 0.25) is 5.95 Å². The molecule has 2 aromatic heterocycles. The molecule has 0 aliphatic carbocycles. The molecule has 0 bridgehead atoms. The number of halogens is 4. The highest BCUT2D eigenvalue weighted by atomic mass is 79.9. The first kappa shape index (κ1) is 24.3.